The summed E-state index contributed by atoms with van der Waals surface area (Å²) in [5, 5.41) is 0. The second-order valence-electron chi connectivity index (χ2n) is 7.29. The van der Waals surface area contributed by atoms with Crippen molar-refractivity contribution in [2.75, 3.05) is 20.6 Å². The standard InChI is InChI=1S/C20H26N4O3S/c1-14-6-8-15(9-7-14)19(22(2)3)13-21-28(26,27)16-10-11-17-18(12-16)24(5)20(25)23(17)4/h6-12,19,21H,13H2,1-5H3/t19-/m0/s1. The van der Waals surface area contributed by atoms with Crippen LogP contribution in [0.1, 0.15) is 17.2 Å². The summed E-state index contributed by atoms with van der Waals surface area (Å²) in [6.07, 6.45) is 0. The number of sulfonamides is 1. The van der Waals surface area contributed by atoms with E-state index < -0.39 is 10.0 Å². The van der Waals surface area contributed by atoms with Crippen LogP contribution in [0, 0.1) is 6.92 Å². The van der Waals surface area contributed by atoms with Crippen LogP contribution in [0.15, 0.2) is 52.2 Å². The first-order valence-corrected chi connectivity index (χ1v) is 10.5. The largest absolute Gasteiger partial charge is 0.328 e. The molecule has 7 nitrogen and oxygen atoms in total. The zero-order chi connectivity index (χ0) is 20.6. The Bertz CT molecular complexity index is 1160. The van der Waals surface area contributed by atoms with Crippen molar-refractivity contribution in [3.05, 3.63) is 64.1 Å². The zero-order valence-electron chi connectivity index (χ0n) is 16.8. The third-order valence-corrected chi connectivity index (χ3v) is 6.53. The summed E-state index contributed by atoms with van der Waals surface area (Å²) in [4.78, 5) is 14.2. The highest BCUT2D eigenvalue weighted by atomic mass is 32.2. The summed E-state index contributed by atoms with van der Waals surface area (Å²) < 4.78 is 31.4. The van der Waals surface area contributed by atoms with E-state index in [1.807, 2.05) is 50.2 Å². The minimum atomic E-state index is -3.72. The molecule has 0 aliphatic rings. The molecule has 1 heterocycles. The molecule has 0 unspecified atom stereocenters. The molecule has 3 rings (SSSR count). The van der Waals surface area contributed by atoms with Crippen molar-refractivity contribution >= 4 is 21.1 Å². The van der Waals surface area contributed by atoms with Crippen LogP contribution in [0.3, 0.4) is 0 Å². The maximum atomic E-state index is 12.9. The second-order valence-corrected chi connectivity index (χ2v) is 9.06. The van der Waals surface area contributed by atoms with Crippen molar-refractivity contribution in [1.29, 1.82) is 0 Å². The Morgan fingerprint density at radius 2 is 1.61 bits per heavy atom. The van der Waals surface area contributed by atoms with Gasteiger partial charge in [0, 0.05) is 26.7 Å². The number of aromatic nitrogens is 2. The predicted octanol–water partition coefficient (Wildman–Crippen LogP) is 1.77. The lowest BCUT2D eigenvalue weighted by atomic mass is 10.0. The highest BCUT2D eigenvalue weighted by molar-refractivity contribution is 7.89. The summed E-state index contributed by atoms with van der Waals surface area (Å²) in [5.41, 5.74) is 3.28. The van der Waals surface area contributed by atoms with Crippen molar-refractivity contribution in [2.24, 2.45) is 14.1 Å². The third kappa shape index (κ3) is 3.76. The molecule has 1 aromatic heterocycles. The Balaban J connectivity index is 1.88. The first-order valence-electron chi connectivity index (χ1n) is 9.00. The van der Waals surface area contributed by atoms with Gasteiger partial charge in [-0.15, -0.1) is 0 Å². The lowest BCUT2D eigenvalue weighted by Crippen LogP contribution is -2.34. The average molecular weight is 403 g/mol. The number of rotatable bonds is 6. The smallest absolute Gasteiger partial charge is 0.301 e. The van der Waals surface area contributed by atoms with Crippen LogP contribution in [0.5, 0.6) is 0 Å². The molecule has 0 aliphatic heterocycles. The van der Waals surface area contributed by atoms with Gasteiger partial charge >= 0.3 is 5.69 Å². The number of fused-ring (bicyclic) bond motifs is 1. The van der Waals surface area contributed by atoms with Crippen molar-refractivity contribution in [2.45, 2.75) is 17.9 Å². The summed E-state index contributed by atoms with van der Waals surface area (Å²) in [6, 6.07) is 12.7. The van der Waals surface area contributed by atoms with Crippen LogP contribution in [0.4, 0.5) is 0 Å². The number of nitrogens with one attached hydrogen (secondary N) is 1. The highest BCUT2D eigenvalue weighted by Gasteiger charge is 2.21. The minimum absolute atomic E-state index is 0.0970. The summed E-state index contributed by atoms with van der Waals surface area (Å²) in [6.45, 7) is 2.26. The van der Waals surface area contributed by atoms with Crippen molar-refractivity contribution in [3.8, 4) is 0 Å². The lowest BCUT2D eigenvalue weighted by Gasteiger charge is -2.25. The Morgan fingerprint density at radius 3 is 2.21 bits per heavy atom. The maximum Gasteiger partial charge on any atom is 0.328 e. The van der Waals surface area contributed by atoms with E-state index >= 15 is 0 Å². The number of nitrogens with zero attached hydrogens (tertiary/aromatic N) is 3. The molecule has 0 fully saturated rings. The molecule has 0 amide bonds. The molecule has 3 aromatic rings. The molecule has 0 saturated carbocycles. The number of imidazole rings is 1. The third-order valence-electron chi connectivity index (χ3n) is 5.11. The van der Waals surface area contributed by atoms with E-state index in [0.717, 1.165) is 11.1 Å². The van der Waals surface area contributed by atoms with Gasteiger partial charge in [-0.1, -0.05) is 29.8 Å². The minimum Gasteiger partial charge on any atom is -0.301 e. The first kappa shape index (κ1) is 20.3. The van der Waals surface area contributed by atoms with E-state index in [9.17, 15) is 13.2 Å². The van der Waals surface area contributed by atoms with Crippen molar-refractivity contribution in [1.82, 2.24) is 18.8 Å². The molecule has 150 valence electrons. The highest BCUT2D eigenvalue weighted by Crippen LogP contribution is 2.21. The quantitative estimate of drug-likeness (QED) is 0.682. The fraction of sp³-hybridized carbons (Fsp3) is 0.350. The van der Waals surface area contributed by atoms with Gasteiger partial charge in [0.15, 0.2) is 0 Å². The molecule has 0 spiro atoms. The van der Waals surface area contributed by atoms with E-state index in [1.54, 1.807) is 20.2 Å². The number of benzene rings is 2. The van der Waals surface area contributed by atoms with Crippen molar-refractivity contribution in [3.63, 3.8) is 0 Å². The predicted molar refractivity (Wildman–Crippen MR) is 111 cm³/mol. The van der Waals surface area contributed by atoms with E-state index in [0.29, 0.717) is 11.0 Å². The lowest BCUT2D eigenvalue weighted by molar-refractivity contribution is 0.299. The monoisotopic (exact) mass is 402 g/mol. The van der Waals surface area contributed by atoms with Gasteiger partial charge < -0.3 is 4.90 Å². The number of likely N-dealkylation sites (N-methyl/N-ethyl adjacent to an activating group) is 1. The Kier molecular flexibility index (Phi) is 5.47. The first-order chi connectivity index (χ1) is 13.1. The van der Waals surface area contributed by atoms with Crippen LogP contribution >= 0.6 is 0 Å². The zero-order valence-corrected chi connectivity index (χ0v) is 17.6. The summed E-state index contributed by atoms with van der Waals surface area (Å²) in [5.74, 6) is 0. The van der Waals surface area contributed by atoms with Gasteiger partial charge in [0.2, 0.25) is 10.0 Å². The molecule has 1 atom stereocenters. The van der Waals surface area contributed by atoms with Gasteiger partial charge in [-0.2, -0.15) is 0 Å². The van der Waals surface area contributed by atoms with Crippen molar-refractivity contribution < 1.29 is 8.42 Å². The van der Waals surface area contributed by atoms with Crippen LogP contribution in [0.25, 0.3) is 11.0 Å². The molecule has 2 aromatic carbocycles. The molecule has 1 N–H and O–H groups in total. The van der Waals surface area contributed by atoms with Crippen LogP contribution in [0.2, 0.25) is 0 Å². The maximum absolute atomic E-state index is 12.9. The van der Waals surface area contributed by atoms with E-state index in [-0.39, 0.29) is 23.2 Å². The Hall–Kier alpha value is -2.42. The van der Waals surface area contributed by atoms with Gasteiger partial charge in [-0.05, 0) is 44.8 Å². The van der Waals surface area contributed by atoms with E-state index in [2.05, 4.69) is 4.72 Å². The average Bonchev–Trinajstić information content (AvgIpc) is 2.87. The van der Waals surface area contributed by atoms with Gasteiger partial charge in [0.05, 0.1) is 15.9 Å². The topological polar surface area (TPSA) is 76.3 Å². The molecule has 0 radical (unpaired) electrons. The summed E-state index contributed by atoms with van der Waals surface area (Å²) >= 11 is 0. The molecule has 28 heavy (non-hydrogen) atoms. The van der Waals surface area contributed by atoms with Crippen LogP contribution in [-0.2, 0) is 24.1 Å². The molecule has 0 bridgehead atoms. The molecule has 0 aliphatic carbocycles. The van der Waals surface area contributed by atoms with E-state index in [1.165, 1.54) is 21.3 Å². The number of hydrogen-bond acceptors (Lipinski definition) is 4. The van der Waals surface area contributed by atoms with Gasteiger partial charge in [0.25, 0.3) is 0 Å². The Morgan fingerprint density at radius 1 is 1.00 bits per heavy atom. The molecule has 0 saturated heterocycles. The number of aryl methyl sites for hydroxylation is 3. The van der Waals surface area contributed by atoms with Crippen LogP contribution < -0.4 is 10.4 Å². The summed E-state index contributed by atoms with van der Waals surface area (Å²) in [7, 11) is 3.42. The Labute approximate surface area is 165 Å². The van der Waals surface area contributed by atoms with E-state index in [4.69, 9.17) is 0 Å². The fourth-order valence-corrected chi connectivity index (χ4v) is 4.37. The normalized spacial score (nSPS) is 13.4. The second kappa shape index (κ2) is 7.54. The van der Waals surface area contributed by atoms with Crippen LogP contribution in [-0.4, -0.2) is 43.1 Å². The number of hydrogen-bond donors (Lipinski definition) is 1. The molecule has 8 heteroatoms. The van der Waals surface area contributed by atoms with Gasteiger partial charge in [0.1, 0.15) is 0 Å². The molecular weight excluding hydrogens is 376 g/mol. The van der Waals surface area contributed by atoms with Gasteiger partial charge in [-0.25, -0.2) is 17.9 Å². The fourth-order valence-electron chi connectivity index (χ4n) is 3.31. The molecular formula is C20H26N4O3S. The SMILES string of the molecule is Cc1ccc([C@H](CNS(=O)(=O)c2ccc3c(c2)n(C)c(=O)n3C)N(C)C)cc1. The van der Waals surface area contributed by atoms with Gasteiger partial charge in [-0.3, -0.25) is 9.13 Å².